The topological polar surface area (TPSA) is 88.8 Å². The van der Waals surface area contributed by atoms with Crippen molar-refractivity contribution in [3.63, 3.8) is 0 Å². The minimum absolute atomic E-state index is 0.0537. The van der Waals surface area contributed by atoms with E-state index in [1.54, 1.807) is 18.6 Å². The summed E-state index contributed by atoms with van der Waals surface area (Å²) in [5.41, 5.74) is 5.04. The Kier molecular flexibility index (Phi) is 6.82. The van der Waals surface area contributed by atoms with Gasteiger partial charge in [-0.25, -0.2) is 15.0 Å². The summed E-state index contributed by atoms with van der Waals surface area (Å²) in [4.78, 5) is 28.0. The zero-order valence-corrected chi connectivity index (χ0v) is 19.7. The molecule has 1 N–H and O–H groups in total. The molecule has 1 aliphatic rings. The molecule has 1 saturated heterocycles. The number of amides is 1. The van der Waals surface area contributed by atoms with Crippen molar-refractivity contribution in [3.05, 3.63) is 65.0 Å². The van der Waals surface area contributed by atoms with Gasteiger partial charge in [0.25, 0.3) is 0 Å². The number of nitrogens with zero attached hydrogens (tertiary/aromatic N) is 6. The van der Waals surface area contributed by atoms with Gasteiger partial charge in [0.05, 0.1) is 5.69 Å². The molecule has 172 valence electrons. The van der Waals surface area contributed by atoms with Gasteiger partial charge in [0.2, 0.25) is 5.91 Å². The summed E-state index contributed by atoms with van der Waals surface area (Å²) in [7, 11) is 1.92. The Morgan fingerprint density at radius 1 is 1.24 bits per heavy atom. The molecule has 8 nitrogen and oxygen atoms in total. The second-order valence-electron chi connectivity index (χ2n) is 8.73. The molecule has 0 bridgehead atoms. The molecule has 3 aromatic heterocycles. The zero-order valence-electron chi connectivity index (χ0n) is 19.7. The monoisotopic (exact) mass is 445 g/mol. The number of nitrogens with one attached hydrogen (secondary N) is 1. The van der Waals surface area contributed by atoms with Crippen molar-refractivity contribution in [2.75, 3.05) is 18.4 Å². The van der Waals surface area contributed by atoms with Crippen LogP contribution in [0.3, 0.4) is 0 Å². The summed E-state index contributed by atoms with van der Waals surface area (Å²) in [6.07, 6.45) is 9.82. The molecule has 4 rings (SSSR count). The molecule has 0 saturated carbocycles. The van der Waals surface area contributed by atoms with E-state index in [-0.39, 0.29) is 5.91 Å². The van der Waals surface area contributed by atoms with Gasteiger partial charge < -0.3 is 10.2 Å². The van der Waals surface area contributed by atoms with E-state index in [4.69, 9.17) is 0 Å². The lowest BCUT2D eigenvalue weighted by Crippen LogP contribution is -2.39. The molecule has 0 unspecified atom stereocenters. The van der Waals surface area contributed by atoms with E-state index >= 15 is 0 Å². The molecule has 0 radical (unpaired) electrons. The fourth-order valence-electron chi connectivity index (χ4n) is 4.33. The molecule has 0 aromatic carbocycles. The first kappa shape index (κ1) is 22.6. The van der Waals surface area contributed by atoms with Crippen molar-refractivity contribution in [2.24, 2.45) is 13.0 Å². The molecule has 1 fully saturated rings. The number of hydrogen-bond acceptors (Lipinski definition) is 6. The Morgan fingerprint density at radius 2 is 2.09 bits per heavy atom. The number of rotatable bonds is 6. The highest BCUT2D eigenvalue weighted by Crippen LogP contribution is 2.23. The average molecular weight is 446 g/mol. The first-order valence-corrected chi connectivity index (χ1v) is 11.4. The molecule has 1 aliphatic heterocycles. The number of anilines is 2. The fraction of sp³-hybridized carbons (Fsp3) is 0.400. The minimum Gasteiger partial charge on any atom is -0.339 e. The molecule has 3 aromatic rings. The lowest BCUT2D eigenvalue weighted by atomic mass is 9.93. The standard InChI is InChI=1S/C25H31N7O/c1-17-7-5-11-26-25(17)29-23-14-21(27-16-28-23)13-20-8-6-12-32(15-20)24(33)10-9-22-18(2)30-31(4)19(22)3/h5,7,9-11,14,16,20H,6,8,12-13,15H2,1-4H3,(H,26,27,28,29)/b10-9+/t20-/m1/s1. The average Bonchev–Trinajstić information content (AvgIpc) is 3.05. The molecule has 8 heteroatoms. The van der Waals surface area contributed by atoms with Gasteiger partial charge in [-0.1, -0.05) is 6.07 Å². The Balaban J connectivity index is 1.38. The molecule has 1 amide bonds. The third-order valence-corrected chi connectivity index (χ3v) is 6.27. The number of piperidine rings is 1. The summed E-state index contributed by atoms with van der Waals surface area (Å²) in [6, 6.07) is 5.90. The van der Waals surface area contributed by atoms with Crippen molar-refractivity contribution in [1.29, 1.82) is 0 Å². The highest BCUT2D eigenvalue weighted by molar-refractivity contribution is 5.92. The first-order chi connectivity index (χ1) is 15.9. The number of carbonyl (C=O) groups is 1. The molecular weight excluding hydrogens is 414 g/mol. The summed E-state index contributed by atoms with van der Waals surface area (Å²) in [5.74, 6) is 1.95. The van der Waals surface area contributed by atoms with Crippen LogP contribution in [0.15, 0.2) is 36.8 Å². The maximum absolute atomic E-state index is 12.9. The van der Waals surface area contributed by atoms with Crippen LogP contribution in [0.1, 0.15) is 41.1 Å². The van der Waals surface area contributed by atoms with E-state index in [9.17, 15) is 4.79 Å². The van der Waals surface area contributed by atoms with Crippen molar-refractivity contribution in [2.45, 2.75) is 40.0 Å². The van der Waals surface area contributed by atoms with Gasteiger partial charge in [-0.3, -0.25) is 9.48 Å². The van der Waals surface area contributed by atoms with Gasteiger partial charge in [-0.15, -0.1) is 0 Å². The van der Waals surface area contributed by atoms with Gasteiger partial charge in [0.1, 0.15) is 18.0 Å². The lowest BCUT2D eigenvalue weighted by molar-refractivity contribution is -0.127. The van der Waals surface area contributed by atoms with Crippen molar-refractivity contribution >= 4 is 23.6 Å². The predicted octanol–water partition coefficient (Wildman–Crippen LogP) is 3.77. The molecular formula is C25H31N7O. The molecule has 33 heavy (non-hydrogen) atoms. The van der Waals surface area contributed by atoms with E-state index in [0.717, 1.165) is 72.2 Å². The smallest absolute Gasteiger partial charge is 0.246 e. The van der Waals surface area contributed by atoms with Gasteiger partial charge in [0.15, 0.2) is 0 Å². The fourth-order valence-corrected chi connectivity index (χ4v) is 4.33. The molecule has 4 heterocycles. The zero-order chi connectivity index (χ0) is 23.4. The number of aromatic nitrogens is 5. The minimum atomic E-state index is 0.0537. The van der Waals surface area contributed by atoms with Crippen LogP contribution in [0.25, 0.3) is 6.08 Å². The summed E-state index contributed by atoms with van der Waals surface area (Å²) >= 11 is 0. The highest BCUT2D eigenvalue weighted by Gasteiger charge is 2.23. The third-order valence-electron chi connectivity index (χ3n) is 6.27. The second kappa shape index (κ2) is 9.94. The van der Waals surface area contributed by atoms with Crippen molar-refractivity contribution in [3.8, 4) is 0 Å². The number of hydrogen-bond donors (Lipinski definition) is 1. The normalized spacial score (nSPS) is 16.4. The maximum Gasteiger partial charge on any atom is 0.246 e. The predicted molar refractivity (Wildman–Crippen MR) is 129 cm³/mol. The van der Waals surface area contributed by atoms with Gasteiger partial charge >= 0.3 is 0 Å². The van der Waals surface area contributed by atoms with E-state index in [1.807, 2.05) is 61.7 Å². The van der Waals surface area contributed by atoms with Crippen LogP contribution in [0, 0.1) is 26.7 Å². The van der Waals surface area contributed by atoms with E-state index in [2.05, 4.69) is 25.4 Å². The highest BCUT2D eigenvalue weighted by atomic mass is 16.2. The van der Waals surface area contributed by atoms with E-state index < -0.39 is 0 Å². The van der Waals surface area contributed by atoms with E-state index in [1.165, 1.54) is 0 Å². The number of aryl methyl sites for hydroxylation is 3. The SMILES string of the molecule is Cc1cccnc1Nc1cc(C[C@H]2CCCN(C(=O)/C=C/c3c(C)nn(C)c3C)C2)ncn1. The second-order valence-corrected chi connectivity index (χ2v) is 8.73. The number of likely N-dealkylation sites (tertiary alicyclic amines) is 1. The Hall–Kier alpha value is -3.55. The van der Waals surface area contributed by atoms with Crippen LogP contribution in [0.2, 0.25) is 0 Å². The number of carbonyl (C=O) groups excluding carboxylic acids is 1. The van der Waals surface area contributed by atoms with Crippen LogP contribution >= 0.6 is 0 Å². The Morgan fingerprint density at radius 3 is 2.85 bits per heavy atom. The van der Waals surface area contributed by atoms with Crippen LogP contribution in [-0.2, 0) is 18.3 Å². The van der Waals surface area contributed by atoms with Gasteiger partial charge in [-0.2, -0.15) is 5.10 Å². The summed E-state index contributed by atoms with van der Waals surface area (Å²) in [5, 5.41) is 7.69. The Labute approximate surface area is 194 Å². The van der Waals surface area contributed by atoms with Crippen LogP contribution in [-0.4, -0.2) is 48.6 Å². The van der Waals surface area contributed by atoms with E-state index in [0.29, 0.717) is 5.92 Å². The lowest BCUT2D eigenvalue weighted by Gasteiger charge is -2.32. The maximum atomic E-state index is 12.9. The molecule has 1 atom stereocenters. The largest absolute Gasteiger partial charge is 0.339 e. The van der Waals surface area contributed by atoms with Crippen molar-refractivity contribution in [1.82, 2.24) is 29.6 Å². The van der Waals surface area contributed by atoms with Gasteiger partial charge in [-0.05, 0) is 63.7 Å². The quantitative estimate of drug-likeness (QED) is 0.581. The third kappa shape index (κ3) is 5.45. The van der Waals surface area contributed by atoms with Gasteiger partial charge in [0, 0.05) is 55.4 Å². The molecule has 0 spiro atoms. The number of pyridine rings is 1. The van der Waals surface area contributed by atoms with Crippen LogP contribution in [0.4, 0.5) is 11.6 Å². The van der Waals surface area contributed by atoms with Crippen molar-refractivity contribution < 1.29 is 4.79 Å². The summed E-state index contributed by atoms with van der Waals surface area (Å²) in [6.45, 7) is 7.52. The Bertz CT molecular complexity index is 1170. The summed E-state index contributed by atoms with van der Waals surface area (Å²) < 4.78 is 1.84. The first-order valence-electron chi connectivity index (χ1n) is 11.4. The molecule has 0 aliphatic carbocycles. The van der Waals surface area contributed by atoms with Crippen LogP contribution in [0.5, 0.6) is 0 Å². The van der Waals surface area contributed by atoms with Crippen LogP contribution < -0.4 is 5.32 Å².